The summed E-state index contributed by atoms with van der Waals surface area (Å²) in [6.45, 7) is 1.84. The Labute approximate surface area is 146 Å². The predicted octanol–water partition coefficient (Wildman–Crippen LogP) is 2.32. The largest absolute Gasteiger partial charge is 0.412 e. The first-order valence-corrected chi connectivity index (χ1v) is 9.31. The van der Waals surface area contributed by atoms with Gasteiger partial charge in [-0.1, -0.05) is 21.6 Å². The Balaban J connectivity index is 2.11. The molecule has 0 fully saturated rings. The molecular formula is C13H17N3O6S2. The van der Waals surface area contributed by atoms with E-state index in [-0.39, 0.29) is 12.5 Å². The van der Waals surface area contributed by atoms with E-state index in [0.717, 1.165) is 0 Å². The minimum absolute atomic E-state index is 0.0363. The van der Waals surface area contributed by atoms with Crippen LogP contribution < -0.4 is 15.4 Å². The van der Waals surface area contributed by atoms with Crippen LogP contribution in [0.5, 0.6) is 5.75 Å². The van der Waals surface area contributed by atoms with Gasteiger partial charge >= 0.3 is 6.09 Å². The molecule has 9 nitrogen and oxygen atoms in total. The lowest BCUT2D eigenvalue weighted by molar-refractivity contribution is -0.756. The Bertz CT molecular complexity index is 555. The van der Waals surface area contributed by atoms with E-state index >= 15 is 0 Å². The van der Waals surface area contributed by atoms with Crippen LogP contribution in [0.4, 0.5) is 10.5 Å². The topological polar surface area (TPSA) is 120 Å². The molecule has 132 valence electrons. The number of nitrogens with zero attached hydrogens (tertiary/aromatic N) is 1. The maximum atomic E-state index is 11.6. The number of hydrogen-bond donors (Lipinski definition) is 2. The molecule has 0 aliphatic heterocycles. The lowest BCUT2D eigenvalue weighted by Gasteiger charge is -2.07. The highest BCUT2D eigenvalue weighted by atomic mass is 33.1. The minimum atomic E-state index is -0.828. The number of carbonyl (C=O) groups is 2. The number of benzene rings is 1. The second-order valence-electron chi connectivity index (χ2n) is 4.22. The summed E-state index contributed by atoms with van der Waals surface area (Å²) in [5, 5.41) is 14.3. The zero-order valence-electron chi connectivity index (χ0n) is 12.9. The van der Waals surface area contributed by atoms with Gasteiger partial charge in [0, 0.05) is 30.7 Å². The van der Waals surface area contributed by atoms with Crippen molar-refractivity contribution in [2.45, 2.75) is 6.92 Å². The molecule has 0 saturated heterocycles. The summed E-state index contributed by atoms with van der Waals surface area (Å²) in [6.07, 6.45) is -0.579. The van der Waals surface area contributed by atoms with Crippen LogP contribution in [0.3, 0.4) is 0 Å². The summed E-state index contributed by atoms with van der Waals surface area (Å²) < 4.78 is 5.07. The average molecular weight is 375 g/mol. The smallest absolute Gasteiger partial charge is 0.410 e. The van der Waals surface area contributed by atoms with Crippen LogP contribution in [0.1, 0.15) is 6.92 Å². The van der Waals surface area contributed by atoms with E-state index in [2.05, 4.69) is 15.5 Å². The molecule has 0 spiro atoms. The minimum Gasteiger partial charge on any atom is -0.410 e. The van der Waals surface area contributed by atoms with Gasteiger partial charge in [0.2, 0.25) is 5.91 Å². The molecule has 24 heavy (non-hydrogen) atoms. The van der Waals surface area contributed by atoms with E-state index in [9.17, 15) is 19.7 Å². The van der Waals surface area contributed by atoms with E-state index in [1.807, 2.05) is 0 Å². The van der Waals surface area contributed by atoms with E-state index in [0.29, 0.717) is 29.5 Å². The lowest BCUT2D eigenvalue weighted by Crippen LogP contribution is -2.28. The lowest BCUT2D eigenvalue weighted by atomic mass is 10.3. The molecule has 2 amide bonds. The molecule has 0 unspecified atom stereocenters. The molecule has 11 heteroatoms. The Kier molecular flexibility index (Phi) is 9.46. The molecule has 0 aliphatic rings. The number of hydrogen-bond acceptors (Lipinski definition) is 8. The quantitative estimate of drug-likeness (QED) is 0.277. The van der Waals surface area contributed by atoms with Crippen molar-refractivity contribution >= 4 is 39.3 Å². The maximum absolute atomic E-state index is 11.6. The summed E-state index contributed by atoms with van der Waals surface area (Å²) in [7, 11) is 2.88. The van der Waals surface area contributed by atoms with Crippen molar-refractivity contribution in [3.05, 3.63) is 34.4 Å². The molecule has 0 bridgehead atoms. The SMILES string of the molecule is CC(=O)Nc1ccc(OC(=O)NCCSSCCO[N+](=O)[O-])cc1. The molecule has 1 aromatic carbocycles. The summed E-state index contributed by atoms with van der Waals surface area (Å²) in [5.74, 6) is 1.29. The van der Waals surface area contributed by atoms with Crippen molar-refractivity contribution < 1.29 is 24.3 Å². The van der Waals surface area contributed by atoms with E-state index in [1.54, 1.807) is 24.3 Å². The Hall–Kier alpha value is -2.14. The third-order valence-electron chi connectivity index (χ3n) is 2.29. The molecule has 0 aliphatic carbocycles. The highest BCUT2D eigenvalue weighted by molar-refractivity contribution is 8.76. The van der Waals surface area contributed by atoms with Crippen molar-refractivity contribution in [1.29, 1.82) is 0 Å². The standard InChI is InChI=1S/C13H17N3O6S2/c1-10(17)15-11-2-4-12(5-3-11)22-13(18)14-6-8-23-24-9-7-21-16(19)20/h2-5H,6-9H2,1H3,(H,14,18)(H,15,17). The fraction of sp³-hybridized carbons (Fsp3) is 0.385. The number of ether oxygens (including phenoxy) is 1. The van der Waals surface area contributed by atoms with E-state index in [4.69, 9.17) is 4.74 Å². The van der Waals surface area contributed by atoms with Gasteiger partial charge in [-0.25, -0.2) is 4.79 Å². The molecule has 0 heterocycles. The Morgan fingerprint density at radius 1 is 1.21 bits per heavy atom. The predicted molar refractivity (Wildman–Crippen MR) is 92.6 cm³/mol. The highest BCUT2D eigenvalue weighted by Crippen LogP contribution is 2.20. The van der Waals surface area contributed by atoms with Crippen molar-refractivity contribution in [2.75, 3.05) is 30.0 Å². The van der Waals surface area contributed by atoms with Crippen LogP contribution in [-0.2, 0) is 9.63 Å². The Morgan fingerprint density at radius 3 is 2.50 bits per heavy atom. The average Bonchev–Trinajstić information content (AvgIpc) is 2.51. The first-order chi connectivity index (χ1) is 11.5. The summed E-state index contributed by atoms with van der Waals surface area (Å²) in [6, 6.07) is 6.41. The van der Waals surface area contributed by atoms with Crippen LogP contribution in [0, 0.1) is 10.1 Å². The second kappa shape index (κ2) is 11.4. The Morgan fingerprint density at radius 2 is 1.88 bits per heavy atom. The molecule has 0 aromatic heterocycles. The fourth-order valence-electron chi connectivity index (χ4n) is 1.41. The first kappa shape index (κ1) is 19.9. The highest BCUT2D eigenvalue weighted by Gasteiger charge is 2.04. The third kappa shape index (κ3) is 9.79. The summed E-state index contributed by atoms with van der Waals surface area (Å²) >= 11 is 0. The molecule has 0 radical (unpaired) electrons. The number of rotatable bonds is 10. The van der Waals surface area contributed by atoms with Gasteiger partial charge in [-0.15, -0.1) is 10.1 Å². The monoisotopic (exact) mass is 375 g/mol. The molecule has 0 saturated carbocycles. The fourth-order valence-corrected chi connectivity index (χ4v) is 3.14. The zero-order valence-corrected chi connectivity index (χ0v) is 14.5. The van der Waals surface area contributed by atoms with Crippen LogP contribution >= 0.6 is 21.6 Å². The van der Waals surface area contributed by atoms with Crippen molar-refractivity contribution in [3.8, 4) is 5.75 Å². The van der Waals surface area contributed by atoms with Gasteiger partial charge in [0.25, 0.3) is 5.09 Å². The van der Waals surface area contributed by atoms with E-state index in [1.165, 1.54) is 28.5 Å². The molecule has 1 rings (SSSR count). The number of nitrogens with one attached hydrogen (secondary N) is 2. The van der Waals surface area contributed by atoms with Crippen LogP contribution in [-0.4, -0.2) is 41.7 Å². The number of amides is 2. The van der Waals surface area contributed by atoms with Crippen molar-refractivity contribution in [1.82, 2.24) is 5.32 Å². The third-order valence-corrected chi connectivity index (χ3v) is 4.66. The van der Waals surface area contributed by atoms with Gasteiger partial charge in [0.15, 0.2) is 0 Å². The molecule has 1 aromatic rings. The van der Waals surface area contributed by atoms with Crippen LogP contribution in [0.25, 0.3) is 0 Å². The first-order valence-electron chi connectivity index (χ1n) is 6.82. The second-order valence-corrected chi connectivity index (χ2v) is 6.92. The van der Waals surface area contributed by atoms with Crippen LogP contribution in [0.2, 0.25) is 0 Å². The van der Waals surface area contributed by atoms with E-state index < -0.39 is 11.2 Å². The zero-order chi connectivity index (χ0) is 17.8. The van der Waals surface area contributed by atoms with Crippen molar-refractivity contribution in [3.63, 3.8) is 0 Å². The molecular weight excluding hydrogens is 358 g/mol. The summed E-state index contributed by atoms with van der Waals surface area (Å²) in [4.78, 5) is 36.5. The van der Waals surface area contributed by atoms with Gasteiger partial charge in [-0.05, 0) is 24.3 Å². The number of anilines is 1. The van der Waals surface area contributed by atoms with Gasteiger partial charge in [-0.2, -0.15) is 0 Å². The van der Waals surface area contributed by atoms with Crippen molar-refractivity contribution in [2.24, 2.45) is 0 Å². The van der Waals surface area contributed by atoms with Gasteiger partial charge in [0.05, 0.1) is 0 Å². The van der Waals surface area contributed by atoms with Gasteiger partial charge in [-0.3, -0.25) is 4.79 Å². The van der Waals surface area contributed by atoms with Crippen LogP contribution in [0.15, 0.2) is 24.3 Å². The molecule has 2 N–H and O–H groups in total. The van der Waals surface area contributed by atoms with Gasteiger partial charge < -0.3 is 20.2 Å². The number of carbonyl (C=O) groups excluding carboxylic acids is 2. The molecule has 0 atom stereocenters. The normalized spacial score (nSPS) is 9.88. The summed E-state index contributed by atoms with van der Waals surface area (Å²) in [5.41, 5.74) is 0.616. The van der Waals surface area contributed by atoms with Gasteiger partial charge in [0.1, 0.15) is 12.4 Å². The maximum Gasteiger partial charge on any atom is 0.412 e.